The third-order valence-corrected chi connectivity index (χ3v) is 6.10. The summed E-state index contributed by atoms with van der Waals surface area (Å²) in [6, 6.07) is 10.5. The number of nitrogens with zero attached hydrogens (tertiary/aromatic N) is 4. The Kier molecular flexibility index (Phi) is 8.95. The van der Waals surface area contributed by atoms with Crippen LogP contribution < -0.4 is 20.9 Å². The molecule has 182 valence electrons. The van der Waals surface area contributed by atoms with Crippen molar-refractivity contribution >= 4 is 58.1 Å². The third-order valence-electron chi connectivity index (χ3n) is 4.83. The average molecular weight is 498 g/mol. The smallest absolute Gasteiger partial charge is 0.247 e. The van der Waals surface area contributed by atoms with Gasteiger partial charge in [0.25, 0.3) is 0 Å². The number of halogens is 1. The first-order chi connectivity index (χ1) is 17.0. The van der Waals surface area contributed by atoms with Gasteiger partial charge in [0.2, 0.25) is 11.9 Å². The van der Waals surface area contributed by atoms with Gasteiger partial charge in [-0.2, -0.15) is 4.98 Å². The van der Waals surface area contributed by atoms with Gasteiger partial charge in [-0.05, 0) is 36.4 Å². The molecule has 3 heterocycles. The highest BCUT2D eigenvalue weighted by Crippen LogP contribution is 2.23. The summed E-state index contributed by atoms with van der Waals surface area (Å²) in [5.74, 6) is 1.29. The lowest BCUT2D eigenvalue weighted by Crippen LogP contribution is -2.38. The van der Waals surface area contributed by atoms with Gasteiger partial charge in [0.15, 0.2) is 11.6 Å². The van der Waals surface area contributed by atoms with E-state index in [2.05, 4.69) is 42.4 Å². The van der Waals surface area contributed by atoms with E-state index >= 15 is 0 Å². The van der Waals surface area contributed by atoms with Gasteiger partial charge in [-0.15, -0.1) is 0 Å². The Balaban J connectivity index is 0.00000167. The topological polar surface area (TPSA) is 129 Å². The number of hydrogen-bond donors (Lipinski definition) is 3. The second-order valence-electron chi connectivity index (χ2n) is 7.15. The normalized spacial score (nSPS) is 13.2. The molecule has 1 aromatic carbocycles. The molecule has 12 heteroatoms. The first-order valence-corrected chi connectivity index (χ1v) is 11.9. The number of benzene rings is 1. The lowest BCUT2D eigenvalue weighted by molar-refractivity contribution is -0.111. The lowest BCUT2D eigenvalue weighted by atomic mass is 10.2. The van der Waals surface area contributed by atoms with Crippen LogP contribution in [-0.2, 0) is 20.4 Å². The quantitative estimate of drug-likeness (QED) is 0.422. The first-order valence-electron chi connectivity index (χ1n) is 10.4. The standard InChI is InChI=1S/C22H22FN7O2S.CH2O/c1-2-20(31)26-15-4-3-5-16(12-15)27-21-18(23)14-25-22(29-21)28-17-6-7-19(24-13-17)30-8-10-33(32)11-9-30;1-2/h2-7,12-14H,1,8-11H2,(H,26,31)(H2,25,27,28,29);1H2. The molecule has 3 N–H and O–H groups in total. The van der Waals surface area contributed by atoms with Gasteiger partial charge in [-0.25, -0.2) is 14.4 Å². The highest BCUT2D eigenvalue weighted by molar-refractivity contribution is 7.85. The summed E-state index contributed by atoms with van der Waals surface area (Å²) in [5, 5.41) is 8.55. The van der Waals surface area contributed by atoms with Gasteiger partial charge in [-0.1, -0.05) is 12.6 Å². The summed E-state index contributed by atoms with van der Waals surface area (Å²) in [6.07, 6.45) is 3.88. The maximum Gasteiger partial charge on any atom is 0.247 e. The number of carbonyl (C=O) groups is 2. The molecule has 0 bridgehead atoms. The SMILES string of the molecule is C=CC(=O)Nc1cccc(Nc2nc(Nc3ccc(N4CCS(=O)CC4)nc3)ncc2F)c1.C=O. The number of hydrogen-bond acceptors (Lipinski definition) is 9. The average Bonchev–Trinajstić information content (AvgIpc) is 2.88. The molecule has 4 rings (SSSR count). The minimum Gasteiger partial charge on any atom is -0.355 e. The van der Waals surface area contributed by atoms with Crippen LogP contribution in [0.25, 0.3) is 0 Å². The number of carbonyl (C=O) groups excluding carboxylic acids is 2. The van der Waals surface area contributed by atoms with Crippen LogP contribution >= 0.6 is 0 Å². The van der Waals surface area contributed by atoms with Crippen LogP contribution in [0.4, 0.5) is 39.0 Å². The highest BCUT2D eigenvalue weighted by atomic mass is 32.2. The Labute approximate surface area is 204 Å². The monoisotopic (exact) mass is 497 g/mol. The number of nitrogens with one attached hydrogen (secondary N) is 3. The van der Waals surface area contributed by atoms with Crippen molar-refractivity contribution < 1.29 is 18.2 Å². The van der Waals surface area contributed by atoms with Crippen LogP contribution in [-0.4, -0.2) is 56.5 Å². The maximum absolute atomic E-state index is 14.3. The fourth-order valence-electron chi connectivity index (χ4n) is 3.16. The zero-order chi connectivity index (χ0) is 25.2. The summed E-state index contributed by atoms with van der Waals surface area (Å²) >= 11 is 0. The van der Waals surface area contributed by atoms with Crippen molar-refractivity contribution in [3.05, 3.63) is 67.3 Å². The summed E-state index contributed by atoms with van der Waals surface area (Å²) in [7, 11) is -0.747. The molecule has 10 nitrogen and oxygen atoms in total. The lowest BCUT2D eigenvalue weighted by Gasteiger charge is -2.27. The van der Waals surface area contributed by atoms with Gasteiger partial charge < -0.3 is 25.6 Å². The van der Waals surface area contributed by atoms with E-state index in [0.717, 1.165) is 18.1 Å². The molecule has 1 aliphatic heterocycles. The van der Waals surface area contributed by atoms with Crippen LogP contribution in [0.3, 0.4) is 0 Å². The number of pyridine rings is 1. The molecule has 0 radical (unpaired) electrons. The third kappa shape index (κ3) is 7.14. The zero-order valence-electron chi connectivity index (χ0n) is 18.7. The molecular formula is C23H24FN7O3S. The van der Waals surface area contributed by atoms with Crippen molar-refractivity contribution in [1.29, 1.82) is 0 Å². The Morgan fingerprint density at radius 2 is 1.77 bits per heavy atom. The summed E-state index contributed by atoms with van der Waals surface area (Å²) in [5.41, 5.74) is 1.71. The van der Waals surface area contributed by atoms with E-state index in [1.807, 2.05) is 18.9 Å². The summed E-state index contributed by atoms with van der Waals surface area (Å²) in [6.45, 7) is 6.83. The van der Waals surface area contributed by atoms with Crippen LogP contribution in [0.2, 0.25) is 0 Å². The molecular weight excluding hydrogens is 473 g/mol. The fourth-order valence-corrected chi connectivity index (χ4v) is 4.22. The highest BCUT2D eigenvalue weighted by Gasteiger charge is 2.16. The van der Waals surface area contributed by atoms with Crippen molar-refractivity contribution in [2.24, 2.45) is 0 Å². The van der Waals surface area contributed by atoms with Crippen molar-refractivity contribution in [3.8, 4) is 0 Å². The second-order valence-corrected chi connectivity index (χ2v) is 8.85. The summed E-state index contributed by atoms with van der Waals surface area (Å²) in [4.78, 5) is 34.2. The predicted molar refractivity (Wildman–Crippen MR) is 135 cm³/mol. The van der Waals surface area contributed by atoms with Gasteiger partial charge >= 0.3 is 0 Å². The number of aromatic nitrogens is 3. The maximum atomic E-state index is 14.3. The van der Waals surface area contributed by atoms with Crippen molar-refractivity contribution in [2.75, 3.05) is 45.4 Å². The first kappa shape index (κ1) is 25.4. The molecule has 3 aromatic rings. The minimum absolute atomic E-state index is 0.0226. The van der Waals surface area contributed by atoms with Gasteiger partial charge in [0.1, 0.15) is 12.6 Å². The van der Waals surface area contributed by atoms with E-state index < -0.39 is 16.6 Å². The molecule has 1 fully saturated rings. The van der Waals surface area contributed by atoms with Gasteiger partial charge in [-0.3, -0.25) is 9.00 Å². The largest absolute Gasteiger partial charge is 0.355 e. The van der Waals surface area contributed by atoms with Gasteiger partial charge in [0.05, 0.1) is 18.1 Å². The molecule has 0 unspecified atom stereocenters. The molecule has 1 saturated heterocycles. The molecule has 1 amide bonds. The van der Waals surface area contributed by atoms with E-state index in [1.165, 1.54) is 0 Å². The molecule has 0 aliphatic carbocycles. The number of anilines is 6. The number of amides is 1. The van der Waals surface area contributed by atoms with E-state index in [1.54, 1.807) is 30.5 Å². The summed E-state index contributed by atoms with van der Waals surface area (Å²) < 4.78 is 25.8. The molecule has 0 spiro atoms. The molecule has 1 aliphatic rings. The van der Waals surface area contributed by atoms with E-state index in [9.17, 15) is 13.4 Å². The van der Waals surface area contributed by atoms with Gasteiger partial charge in [0, 0.05) is 46.8 Å². The Hall–Kier alpha value is -4.19. The van der Waals surface area contributed by atoms with Crippen molar-refractivity contribution in [3.63, 3.8) is 0 Å². The molecule has 2 aromatic heterocycles. The van der Waals surface area contributed by atoms with Crippen molar-refractivity contribution in [2.45, 2.75) is 0 Å². The fraction of sp³-hybridized carbons (Fsp3) is 0.174. The molecule has 0 saturated carbocycles. The Bertz CT molecular complexity index is 1200. The van der Waals surface area contributed by atoms with E-state index in [0.29, 0.717) is 41.7 Å². The second kappa shape index (κ2) is 12.3. The van der Waals surface area contributed by atoms with Crippen LogP contribution in [0, 0.1) is 5.82 Å². The van der Waals surface area contributed by atoms with Crippen LogP contribution in [0.5, 0.6) is 0 Å². The number of rotatable bonds is 7. The molecule has 35 heavy (non-hydrogen) atoms. The minimum atomic E-state index is -0.747. The zero-order valence-corrected chi connectivity index (χ0v) is 19.6. The van der Waals surface area contributed by atoms with E-state index in [-0.39, 0.29) is 17.7 Å². The van der Waals surface area contributed by atoms with Crippen LogP contribution in [0.1, 0.15) is 0 Å². The predicted octanol–water partition coefficient (Wildman–Crippen LogP) is 3.01. The van der Waals surface area contributed by atoms with Crippen LogP contribution in [0.15, 0.2) is 61.4 Å². The van der Waals surface area contributed by atoms with E-state index in [4.69, 9.17) is 4.79 Å². The molecule has 0 atom stereocenters. The Morgan fingerprint density at radius 1 is 1.03 bits per heavy atom. The van der Waals surface area contributed by atoms with Crippen molar-refractivity contribution in [1.82, 2.24) is 15.0 Å². The Morgan fingerprint density at radius 3 is 2.46 bits per heavy atom.